The molecule has 3 rings (SSSR count). The summed E-state index contributed by atoms with van der Waals surface area (Å²) in [6.07, 6.45) is 8.23. The summed E-state index contributed by atoms with van der Waals surface area (Å²) >= 11 is 0. The van der Waals surface area contributed by atoms with Crippen LogP contribution in [0.2, 0.25) is 0 Å². The van der Waals surface area contributed by atoms with Gasteiger partial charge in [0.2, 0.25) is 0 Å². The number of nitriles is 1. The number of likely N-dealkylation sites (tertiary alicyclic amines) is 1. The lowest BCUT2D eigenvalue weighted by Gasteiger charge is -2.31. The molecule has 174 valence electrons. The lowest BCUT2D eigenvalue weighted by Crippen LogP contribution is -2.33. The maximum atomic E-state index is 15.3. The SMILES string of the molecule is C=C1C(CC#N)=CC(c2cc(C)c(/C=C(\C)C3CCN(CC)CC3)c(F)c2)=NN1C=C(C)C. The Bertz CT molecular complexity index is 1050. The van der Waals surface area contributed by atoms with Crippen LogP contribution in [-0.2, 0) is 0 Å². The molecule has 0 aromatic heterocycles. The molecule has 1 aromatic carbocycles. The van der Waals surface area contributed by atoms with Crippen LogP contribution in [0.5, 0.6) is 0 Å². The minimum atomic E-state index is -0.244. The van der Waals surface area contributed by atoms with Gasteiger partial charge >= 0.3 is 0 Å². The first kappa shape index (κ1) is 24.7. The van der Waals surface area contributed by atoms with E-state index in [1.165, 1.54) is 5.57 Å². The van der Waals surface area contributed by atoms with E-state index in [1.54, 1.807) is 11.1 Å². The summed E-state index contributed by atoms with van der Waals surface area (Å²) in [7, 11) is 0. The van der Waals surface area contributed by atoms with Crippen molar-refractivity contribution in [2.24, 2.45) is 11.0 Å². The van der Waals surface area contributed by atoms with Crippen molar-refractivity contribution in [1.82, 2.24) is 9.91 Å². The van der Waals surface area contributed by atoms with Crippen LogP contribution in [0.1, 0.15) is 63.6 Å². The molecule has 2 aliphatic heterocycles. The predicted molar refractivity (Wildman–Crippen MR) is 135 cm³/mol. The highest BCUT2D eigenvalue weighted by molar-refractivity contribution is 6.10. The van der Waals surface area contributed by atoms with Gasteiger partial charge in [0.15, 0.2) is 0 Å². The summed E-state index contributed by atoms with van der Waals surface area (Å²) in [6, 6.07) is 5.73. The molecule has 0 unspecified atom stereocenters. The number of hydrazone groups is 1. The number of benzene rings is 1. The van der Waals surface area contributed by atoms with Crippen molar-refractivity contribution in [3.05, 3.63) is 75.9 Å². The van der Waals surface area contributed by atoms with Crippen molar-refractivity contribution >= 4 is 11.8 Å². The third-order valence-corrected chi connectivity index (χ3v) is 6.51. The first-order chi connectivity index (χ1) is 15.7. The monoisotopic (exact) mass is 446 g/mol. The van der Waals surface area contributed by atoms with Gasteiger partial charge in [-0.1, -0.05) is 30.7 Å². The number of rotatable bonds is 6. The minimum Gasteiger partial charge on any atom is -0.304 e. The van der Waals surface area contributed by atoms with Gasteiger partial charge in [-0.25, -0.2) is 9.40 Å². The molecule has 0 saturated carbocycles. The van der Waals surface area contributed by atoms with Gasteiger partial charge in [0.25, 0.3) is 0 Å². The summed E-state index contributed by atoms with van der Waals surface area (Å²) in [5.74, 6) is 0.264. The second-order valence-corrected chi connectivity index (χ2v) is 9.27. The van der Waals surface area contributed by atoms with Crippen molar-refractivity contribution < 1.29 is 4.39 Å². The molecule has 0 spiro atoms. The second-order valence-electron chi connectivity index (χ2n) is 9.27. The normalized spacial score (nSPS) is 18.0. The van der Waals surface area contributed by atoms with E-state index in [4.69, 9.17) is 0 Å². The van der Waals surface area contributed by atoms with Crippen LogP contribution in [0.3, 0.4) is 0 Å². The number of piperidine rings is 1. The number of halogens is 1. The van der Waals surface area contributed by atoms with E-state index in [0.717, 1.165) is 49.2 Å². The predicted octanol–water partition coefficient (Wildman–Crippen LogP) is 6.57. The van der Waals surface area contributed by atoms with Crippen molar-refractivity contribution in [3.63, 3.8) is 0 Å². The van der Waals surface area contributed by atoms with Crippen LogP contribution in [0.4, 0.5) is 4.39 Å². The first-order valence-corrected chi connectivity index (χ1v) is 11.7. The van der Waals surface area contributed by atoms with Crippen LogP contribution in [0.25, 0.3) is 6.08 Å². The molecule has 0 atom stereocenters. The number of hydrogen-bond donors (Lipinski definition) is 0. The average Bonchev–Trinajstić information content (AvgIpc) is 2.78. The molecule has 0 bridgehead atoms. The fourth-order valence-electron chi connectivity index (χ4n) is 4.47. The van der Waals surface area contributed by atoms with Gasteiger partial charge < -0.3 is 4.90 Å². The summed E-state index contributed by atoms with van der Waals surface area (Å²) in [5.41, 5.74) is 6.62. The van der Waals surface area contributed by atoms with E-state index in [-0.39, 0.29) is 12.2 Å². The summed E-state index contributed by atoms with van der Waals surface area (Å²) in [4.78, 5) is 2.47. The zero-order chi connectivity index (χ0) is 24.1. The van der Waals surface area contributed by atoms with E-state index >= 15 is 4.39 Å². The smallest absolute Gasteiger partial charge is 0.131 e. The van der Waals surface area contributed by atoms with Crippen molar-refractivity contribution in [1.29, 1.82) is 5.26 Å². The Labute approximate surface area is 198 Å². The third kappa shape index (κ3) is 5.89. The molecule has 33 heavy (non-hydrogen) atoms. The number of nitrogens with zero attached hydrogens (tertiary/aromatic N) is 4. The van der Waals surface area contributed by atoms with Crippen LogP contribution < -0.4 is 0 Å². The van der Waals surface area contributed by atoms with Gasteiger partial charge in [-0.3, -0.25) is 0 Å². The van der Waals surface area contributed by atoms with E-state index in [2.05, 4.69) is 36.5 Å². The van der Waals surface area contributed by atoms with E-state index in [0.29, 0.717) is 28.5 Å². The largest absolute Gasteiger partial charge is 0.304 e. The molecule has 1 fully saturated rings. The van der Waals surface area contributed by atoms with Crippen LogP contribution in [-0.4, -0.2) is 35.3 Å². The van der Waals surface area contributed by atoms with Gasteiger partial charge in [0, 0.05) is 17.3 Å². The lowest BCUT2D eigenvalue weighted by atomic mass is 9.88. The van der Waals surface area contributed by atoms with Crippen molar-refractivity contribution in [2.45, 2.75) is 53.9 Å². The molecule has 2 heterocycles. The molecule has 5 heteroatoms. The molecule has 4 nitrogen and oxygen atoms in total. The molecule has 1 aromatic rings. The highest BCUT2D eigenvalue weighted by atomic mass is 19.1. The molecule has 0 N–H and O–H groups in total. The molecule has 1 saturated heterocycles. The summed E-state index contributed by atoms with van der Waals surface area (Å²) in [6.45, 7) is 17.6. The fraction of sp³-hybridized carbons (Fsp3) is 0.429. The van der Waals surface area contributed by atoms with Gasteiger partial charge in [-0.15, -0.1) is 0 Å². The highest BCUT2D eigenvalue weighted by Crippen LogP contribution is 2.30. The Balaban J connectivity index is 1.92. The number of aryl methyl sites for hydroxylation is 1. The van der Waals surface area contributed by atoms with Gasteiger partial charge in [0.1, 0.15) is 5.82 Å². The number of allylic oxidation sites excluding steroid dienone is 4. The average molecular weight is 447 g/mol. The van der Waals surface area contributed by atoms with Crippen LogP contribution in [0.15, 0.2) is 58.5 Å². The maximum absolute atomic E-state index is 15.3. The first-order valence-electron chi connectivity index (χ1n) is 11.7. The maximum Gasteiger partial charge on any atom is 0.131 e. The quantitative estimate of drug-likeness (QED) is 0.496. The number of hydrogen-bond acceptors (Lipinski definition) is 4. The summed E-state index contributed by atoms with van der Waals surface area (Å²) in [5, 5.41) is 15.6. The van der Waals surface area contributed by atoms with Crippen molar-refractivity contribution in [2.75, 3.05) is 19.6 Å². The Morgan fingerprint density at radius 1 is 1.27 bits per heavy atom. The van der Waals surface area contributed by atoms with E-state index < -0.39 is 0 Å². The van der Waals surface area contributed by atoms with Gasteiger partial charge in [-0.2, -0.15) is 10.4 Å². The fourth-order valence-corrected chi connectivity index (χ4v) is 4.47. The Hall–Kier alpha value is -2.97. The molecule has 2 aliphatic rings. The van der Waals surface area contributed by atoms with E-state index in [1.807, 2.05) is 45.2 Å². The Morgan fingerprint density at radius 3 is 2.55 bits per heavy atom. The van der Waals surface area contributed by atoms with Crippen molar-refractivity contribution in [3.8, 4) is 6.07 Å². The molecular weight excluding hydrogens is 411 g/mol. The molecular formula is C28H35FN4. The second kappa shape index (κ2) is 10.8. The minimum absolute atomic E-state index is 0.225. The zero-order valence-electron chi connectivity index (χ0n) is 20.6. The lowest BCUT2D eigenvalue weighted by molar-refractivity contribution is 0.208. The van der Waals surface area contributed by atoms with Gasteiger partial charge in [-0.05, 0) is 95.4 Å². The van der Waals surface area contributed by atoms with Gasteiger partial charge in [0.05, 0.1) is 23.9 Å². The topological polar surface area (TPSA) is 42.6 Å². The zero-order valence-corrected chi connectivity index (χ0v) is 20.6. The van der Waals surface area contributed by atoms with Crippen LogP contribution >= 0.6 is 0 Å². The molecule has 0 aliphatic carbocycles. The highest BCUT2D eigenvalue weighted by Gasteiger charge is 2.21. The van der Waals surface area contributed by atoms with E-state index in [9.17, 15) is 5.26 Å². The standard InChI is InChI=1S/C28H35FN4/c1-7-32-12-9-23(10-13-32)20(4)15-26-21(5)14-25(16-27(26)29)28-17-24(8-11-30)22(6)33(31-28)18-19(2)3/h14-18,23H,6-10,12-13H2,1-5H3/b20-15+. The molecule has 0 amide bonds. The summed E-state index contributed by atoms with van der Waals surface area (Å²) < 4.78 is 15.3. The third-order valence-electron chi connectivity index (χ3n) is 6.51. The van der Waals surface area contributed by atoms with Crippen LogP contribution in [0, 0.1) is 30.0 Å². The molecule has 0 radical (unpaired) electrons. The Morgan fingerprint density at radius 2 is 1.97 bits per heavy atom. The Kier molecular flexibility index (Phi) is 8.05.